The second kappa shape index (κ2) is 7.97. The van der Waals surface area contributed by atoms with Crippen molar-refractivity contribution >= 4 is 23.3 Å². The van der Waals surface area contributed by atoms with E-state index in [1.807, 2.05) is 52.7 Å². The molecular weight excluding hydrogens is 324 g/mol. The maximum atomic E-state index is 12.3. The zero-order chi connectivity index (χ0) is 16.8. The van der Waals surface area contributed by atoms with Gasteiger partial charge in [0.1, 0.15) is 6.61 Å². The number of hydrogen-bond donors (Lipinski definition) is 0. The molecule has 1 aliphatic heterocycles. The van der Waals surface area contributed by atoms with Crippen molar-refractivity contribution in [2.75, 3.05) is 26.2 Å². The zero-order valence-corrected chi connectivity index (χ0v) is 14.2. The first-order chi connectivity index (χ1) is 11.7. The van der Waals surface area contributed by atoms with Crippen molar-refractivity contribution in [1.82, 2.24) is 9.80 Å². The van der Waals surface area contributed by atoms with Crippen molar-refractivity contribution < 1.29 is 14.3 Å². The van der Waals surface area contributed by atoms with Crippen molar-refractivity contribution in [2.45, 2.75) is 13.0 Å². The van der Waals surface area contributed by atoms with Crippen molar-refractivity contribution in [2.24, 2.45) is 0 Å². The van der Waals surface area contributed by atoms with Gasteiger partial charge in [-0.25, -0.2) is 4.79 Å². The van der Waals surface area contributed by atoms with Gasteiger partial charge in [-0.15, -0.1) is 11.3 Å². The highest BCUT2D eigenvalue weighted by Gasteiger charge is 2.25. The van der Waals surface area contributed by atoms with Crippen molar-refractivity contribution in [3.63, 3.8) is 0 Å². The molecule has 2 aromatic rings. The second-order valence-electron chi connectivity index (χ2n) is 5.66. The molecule has 0 unspecified atom stereocenters. The van der Waals surface area contributed by atoms with Gasteiger partial charge in [0.15, 0.2) is 0 Å². The predicted molar refractivity (Wildman–Crippen MR) is 92.8 cm³/mol. The number of thiophene rings is 1. The smallest absolute Gasteiger partial charge is 0.410 e. The van der Waals surface area contributed by atoms with Crippen molar-refractivity contribution in [3.8, 4) is 0 Å². The summed E-state index contributed by atoms with van der Waals surface area (Å²) < 4.78 is 5.33. The lowest BCUT2D eigenvalue weighted by molar-refractivity contribution is -0.132. The number of rotatable bonds is 4. The van der Waals surface area contributed by atoms with E-state index in [1.165, 1.54) is 0 Å². The van der Waals surface area contributed by atoms with E-state index in [9.17, 15) is 9.59 Å². The summed E-state index contributed by atoms with van der Waals surface area (Å²) in [5, 5.41) is 1.98. The Kier molecular flexibility index (Phi) is 5.48. The summed E-state index contributed by atoms with van der Waals surface area (Å²) in [6.07, 6.45) is 0.125. The molecule has 0 aliphatic carbocycles. The molecule has 1 aliphatic rings. The van der Waals surface area contributed by atoms with E-state index < -0.39 is 0 Å². The molecular formula is C18H20N2O3S. The molecule has 5 nitrogen and oxygen atoms in total. The van der Waals surface area contributed by atoms with E-state index in [0.717, 1.165) is 10.4 Å². The average Bonchev–Trinajstić information content (AvgIpc) is 3.13. The number of carbonyl (C=O) groups excluding carboxylic acids is 2. The first kappa shape index (κ1) is 16.5. The Hall–Kier alpha value is -2.34. The molecule has 3 rings (SSSR count). The maximum Gasteiger partial charge on any atom is 0.410 e. The molecule has 0 atom stereocenters. The third kappa shape index (κ3) is 4.35. The fourth-order valence-corrected chi connectivity index (χ4v) is 3.32. The van der Waals surface area contributed by atoms with Gasteiger partial charge in [-0.05, 0) is 17.0 Å². The summed E-state index contributed by atoms with van der Waals surface area (Å²) in [6, 6.07) is 13.5. The van der Waals surface area contributed by atoms with Gasteiger partial charge in [0.2, 0.25) is 5.91 Å². The second-order valence-corrected chi connectivity index (χ2v) is 6.70. The van der Waals surface area contributed by atoms with Crippen LogP contribution in [0.25, 0.3) is 0 Å². The lowest BCUT2D eigenvalue weighted by Gasteiger charge is -2.34. The quantitative estimate of drug-likeness (QED) is 0.857. The largest absolute Gasteiger partial charge is 0.445 e. The highest BCUT2D eigenvalue weighted by Crippen LogP contribution is 2.12. The van der Waals surface area contributed by atoms with Gasteiger partial charge in [0.25, 0.3) is 0 Å². The van der Waals surface area contributed by atoms with Crippen LogP contribution in [0.2, 0.25) is 0 Å². The van der Waals surface area contributed by atoms with Gasteiger partial charge in [0, 0.05) is 31.1 Å². The Morgan fingerprint density at radius 3 is 2.33 bits per heavy atom. The van der Waals surface area contributed by atoms with Crippen LogP contribution in [0.1, 0.15) is 10.4 Å². The van der Waals surface area contributed by atoms with Gasteiger partial charge >= 0.3 is 6.09 Å². The molecule has 24 heavy (non-hydrogen) atoms. The normalized spacial score (nSPS) is 14.5. The Bertz CT molecular complexity index is 665. The van der Waals surface area contributed by atoms with Crippen LogP contribution in [0.3, 0.4) is 0 Å². The number of benzene rings is 1. The molecule has 0 N–H and O–H groups in total. The molecule has 1 saturated heterocycles. The standard InChI is InChI=1S/C18H20N2O3S/c21-17(13-16-7-4-12-24-16)19-8-10-20(11-9-19)18(22)23-14-15-5-2-1-3-6-15/h1-7,12H,8-11,13-14H2. The number of nitrogens with zero attached hydrogens (tertiary/aromatic N) is 2. The minimum absolute atomic E-state index is 0.120. The lowest BCUT2D eigenvalue weighted by atomic mass is 10.2. The summed E-state index contributed by atoms with van der Waals surface area (Å²) >= 11 is 1.59. The van der Waals surface area contributed by atoms with Crippen LogP contribution in [-0.4, -0.2) is 48.0 Å². The molecule has 0 bridgehead atoms. The van der Waals surface area contributed by atoms with Gasteiger partial charge in [-0.2, -0.15) is 0 Å². The highest BCUT2D eigenvalue weighted by atomic mass is 32.1. The predicted octanol–water partition coefficient (Wildman–Crippen LogP) is 2.77. The van der Waals surface area contributed by atoms with E-state index in [-0.39, 0.29) is 18.6 Å². The summed E-state index contributed by atoms with van der Waals surface area (Å²) in [6.45, 7) is 2.43. The molecule has 0 saturated carbocycles. The number of piperazine rings is 1. The zero-order valence-electron chi connectivity index (χ0n) is 13.4. The minimum Gasteiger partial charge on any atom is -0.445 e. The number of amides is 2. The Labute approximate surface area is 145 Å². The van der Waals surface area contributed by atoms with E-state index >= 15 is 0 Å². The average molecular weight is 344 g/mol. The van der Waals surface area contributed by atoms with Gasteiger partial charge < -0.3 is 14.5 Å². The van der Waals surface area contributed by atoms with Crippen LogP contribution in [0.5, 0.6) is 0 Å². The third-order valence-corrected chi connectivity index (χ3v) is 4.88. The summed E-state index contributed by atoms with van der Waals surface area (Å²) in [4.78, 5) is 28.9. The molecule has 0 radical (unpaired) electrons. The molecule has 2 amide bonds. The van der Waals surface area contributed by atoms with Crippen molar-refractivity contribution in [3.05, 3.63) is 58.3 Å². The molecule has 126 valence electrons. The van der Waals surface area contributed by atoms with Crippen molar-refractivity contribution in [1.29, 1.82) is 0 Å². The van der Waals surface area contributed by atoms with Gasteiger partial charge in [-0.1, -0.05) is 36.4 Å². The molecule has 1 aromatic carbocycles. The van der Waals surface area contributed by atoms with Crippen LogP contribution < -0.4 is 0 Å². The summed E-state index contributed by atoms with van der Waals surface area (Å²) in [5.74, 6) is 0.120. The first-order valence-electron chi connectivity index (χ1n) is 7.98. The molecule has 1 aromatic heterocycles. The molecule has 2 heterocycles. The van der Waals surface area contributed by atoms with E-state index in [2.05, 4.69) is 0 Å². The molecule has 0 spiro atoms. The Morgan fingerprint density at radius 1 is 0.958 bits per heavy atom. The van der Waals surface area contributed by atoms with Gasteiger partial charge in [0.05, 0.1) is 6.42 Å². The Morgan fingerprint density at radius 2 is 1.67 bits per heavy atom. The fraction of sp³-hybridized carbons (Fsp3) is 0.333. The van der Waals surface area contributed by atoms with Crippen LogP contribution in [0.4, 0.5) is 4.79 Å². The number of hydrogen-bond acceptors (Lipinski definition) is 4. The van der Waals surface area contributed by atoms with Gasteiger partial charge in [-0.3, -0.25) is 4.79 Å². The van der Waals surface area contributed by atoms with E-state index in [1.54, 1.807) is 16.2 Å². The summed E-state index contributed by atoms with van der Waals surface area (Å²) in [5.41, 5.74) is 0.968. The molecule has 1 fully saturated rings. The fourth-order valence-electron chi connectivity index (χ4n) is 2.62. The first-order valence-corrected chi connectivity index (χ1v) is 8.86. The monoisotopic (exact) mass is 344 g/mol. The van der Waals surface area contributed by atoms with Crippen LogP contribution in [0.15, 0.2) is 47.8 Å². The summed E-state index contributed by atoms with van der Waals surface area (Å²) in [7, 11) is 0. The minimum atomic E-state index is -0.316. The Balaban J connectivity index is 1.42. The van der Waals surface area contributed by atoms with E-state index in [0.29, 0.717) is 32.6 Å². The molecule has 6 heteroatoms. The maximum absolute atomic E-state index is 12.3. The SMILES string of the molecule is O=C(Cc1cccs1)N1CCN(C(=O)OCc2ccccc2)CC1. The lowest BCUT2D eigenvalue weighted by Crippen LogP contribution is -2.51. The van der Waals surface area contributed by atoms with Crippen LogP contribution in [-0.2, 0) is 22.6 Å². The van der Waals surface area contributed by atoms with E-state index in [4.69, 9.17) is 4.74 Å². The van der Waals surface area contributed by atoms with Crippen LogP contribution in [0, 0.1) is 0 Å². The number of carbonyl (C=O) groups is 2. The third-order valence-electron chi connectivity index (χ3n) is 4.00. The van der Waals surface area contributed by atoms with Crippen LogP contribution >= 0.6 is 11.3 Å². The topological polar surface area (TPSA) is 49.9 Å². The highest BCUT2D eigenvalue weighted by molar-refractivity contribution is 7.10. The number of ether oxygens (including phenoxy) is 1.